The Bertz CT molecular complexity index is 982. The van der Waals surface area contributed by atoms with E-state index >= 15 is 0 Å². The van der Waals surface area contributed by atoms with E-state index in [-0.39, 0.29) is 24.6 Å². The van der Waals surface area contributed by atoms with E-state index in [1.807, 2.05) is 36.6 Å². The summed E-state index contributed by atoms with van der Waals surface area (Å²) in [4.78, 5) is 46.8. The second-order valence-corrected chi connectivity index (χ2v) is 9.97. The summed E-state index contributed by atoms with van der Waals surface area (Å²) >= 11 is 2.71. The van der Waals surface area contributed by atoms with Crippen LogP contribution in [0, 0.1) is 10.8 Å². The van der Waals surface area contributed by atoms with E-state index < -0.39 is 28.7 Å². The number of carbonyl (C=O) groups excluding carboxylic acids is 2. The average molecular weight is 535 g/mol. The Morgan fingerprint density at radius 3 is 1.47 bits per heavy atom. The molecule has 2 aromatic carbocycles. The lowest BCUT2D eigenvalue weighted by atomic mass is 9.80. The molecule has 9 heteroatoms. The van der Waals surface area contributed by atoms with Crippen molar-refractivity contribution in [2.45, 2.75) is 26.7 Å². The Kier molecular flexibility index (Phi) is 13.3. The Morgan fingerprint density at radius 2 is 1.14 bits per heavy atom. The standard InChI is InChI=1S/C15H20O3S.C12H14O4S/c1-4-18-14(17)15(11-19-3,12(2)16)10-13-8-6-5-7-9-13;1-17-8-12(10(13)14,11(15)16)7-9-5-3-2-4-6-9/h5-9H,4,10-11H2,1-3H3;2-6H,7-8H2,1H3,(H,13,14)(H,15,16). The highest BCUT2D eigenvalue weighted by molar-refractivity contribution is 7.98. The van der Waals surface area contributed by atoms with Gasteiger partial charge in [0.15, 0.2) is 5.41 Å². The number of hydrogen-bond donors (Lipinski definition) is 2. The van der Waals surface area contributed by atoms with Crippen molar-refractivity contribution < 1.29 is 34.1 Å². The molecule has 196 valence electrons. The van der Waals surface area contributed by atoms with E-state index in [0.29, 0.717) is 17.7 Å². The summed E-state index contributed by atoms with van der Waals surface area (Å²) in [6.07, 6.45) is 3.98. The van der Waals surface area contributed by atoms with Crippen LogP contribution in [0.4, 0.5) is 0 Å². The van der Waals surface area contributed by atoms with Gasteiger partial charge in [0.1, 0.15) is 11.2 Å². The number of ether oxygens (including phenoxy) is 1. The third-order valence-corrected chi connectivity index (χ3v) is 7.20. The van der Waals surface area contributed by atoms with Crippen LogP contribution in [0.1, 0.15) is 25.0 Å². The molecular weight excluding hydrogens is 500 g/mol. The number of esters is 1. The topological polar surface area (TPSA) is 118 Å². The highest BCUT2D eigenvalue weighted by Gasteiger charge is 2.46. The Morgan fingerprint density at radius 1 is 0.750 bits per heavy atom. The van der Waals surface area contributed by atoms with Crippen molar-refractivity contribution in [3.8, 4) is 0 Å². The first-order valence-electron chi connectivity index (χ1n) is 11.3. The van der Waals surface area contributed by atoms with Gasteiger partial charge in [-0.2, -0.15) is 23.5 Å². The van der Waals surface area contributed by atoms with Crippen molar-refractivity contribution in [1.29, 1.82) is 0 Å². The van der Waals surface area contributed by atoms with Crippen LogP contribution >= 0.6 is 23.5 Å². The normalized spacial score (nSPS) is 12.4. The molecule has 0 fully saturated rings. The van der Waals surface area contributed by atoms with E-state index in [1.165, 1.54) is 30.4 Å². The van der Waals surface area contributed by atoms with Crippen LogP contribution in [0.3, 0.4) is 0 Å². The van der Waals surface area contributed by atoms with Crippen LogP contribution in [0.2, 0.25) is 0 Å². The third-order valence-electron chi connectivity index (χ3n) is 5.64. The van der Waals surface area contributed by atoms with Gasteiger partial charge in [-0.05, 0) is 43.9 Å². The lowest BCUT2D eigenvalue weighted by molar-refractivity contribution is -0.163. The number of Topliss-reactive ketones (excluding diaryl/α,β-unsaturated/α-hetero) is 1. The molecule has 2 rings (SSSR count). The molecule has 2 N–H and O–H groups in total. The summed E-state index contributed by atoms with van der Waals surface area (Å²) in [5.41, 5.74) is -1.14. The molecule has 0 bridgehead atoms. The Hall–Kier alpha value is -2.78. The summed E-state index contributed by atoms with van der Waals surface area (Å²) in [5.74, 6) is -2.64. The van der Waals surface area contributed by atoms with Gasteiger partial charge < -0.3 is 14.9 Å². The molecule has 2 aromatic rings. The van der Waals surface area contributed by atoms with Gasteiger partial charge in [0, 0.05) is 17.9 Å². The number of carboxylic acid groups (broad SMARTS) is 2. The molecule has 1 unspecified atom stereocenters. The smallest absolute Gasteiger partial charge is 0.322 e. The maximum Gasteiger partial charge on any atom is 0.322 e. The summed E-state index contributed by atoms with van der Waals surface area (Å²) in [6, 6.07) is 18.4. The minimum Gasteiger partial charge on any atom is -0.480 e. The highest BCUT2D eigenvalue weighted by Crippen LogP contribution is 2.30. The molecule has 0 spiro atoms. The average Bonchev–Trinajstić information content (AvgIpc) is 2.84. The predicted molar refractivity (Wildman–Crippen MR) is 145 cm³/mol. The number of carboxylic acids is 2. The van der Waals surface area contributed by atoms with Gasteiger partial charge in [-0.15, -0.1) is 0 Å². The maximum absolute atomic E-state index is 12.2. The molecule has 0 radical (unpaired) electrons. The second kappa shape index (κ2) is 15.4. The summed E-state index contributed by atoms with van der Waals surface area (Å²) in [6.45, 7) is 3.51. The Labute approximate surface area is 221 Å². The van der Waals surface area contributed by atoms with E-state index in [1.54, 1.807) is 43.5 Å². The van der Waals surface area contributed by atoms with Crippen LogP contribution in [0.15, 0.2) is 60.7 Å². The van der Waals surface area contributed by atoms with Crippen molar-refractivity contribution in [3.63, 3.8) is 0 Å². The lowest BCUT2D eigenvalue weighted by Gasteiger charge is -2.28. The molecule has 0 heterocycles. The van der Waals surface area contributed by atoms with Crippen LogP contribution < -0.4 is 0 Å². The van der Waals surface area contributed by atoms with Crippen LogP contribution in [0.5, 0.6) is 0 Å². The summed E-state index contributed by atoms with van der Waals surface area (Å²) in [5, 5.41) is 18.4. The Balaban J connectivity index is 0.000000362. The second-order valence-electron chi connectivity index (χ2n) is 8.24. The summed E-state index contributed by atoms with van der Waals surface area (Å²) < 4.78 is 5.12. The van der Waals surface area contributed by atoms with E-state index in [4.69, 9.17) is 4.74 Å². The van der Waals surface area contributed by atoms with Crippen LogP contribution in [-0.4, -0.2) is 64.5 Å². The molecule has 0 amide bonds. The first-order chi connectivity index (χ1) is 17.1. The molecule has 7 nitrogen and oxygen atoms in total. The SMILES string of the molecule is CCOC(=O)C(CSC)(Cc1ccccc1)C(C)=O.CSCC(Cc1ccccc1)(C(=O)O)C(=O)O. The molecule has 0 saturated carbocycles. The molecule has 0 saturated heterocycles. The quantitative estimate of drug-likeness (QED) is 0.283. The van der Waals surface area contributed by atoms with Crippen molar-refractivity contribution in [1.82, 2.24) is 0 Å². The van der Waals surface area contributed by atoms with Gasteiger partial charge in [0.25, 0.3) is 0 Å². The summed E-state index contributed by atoms with van der Waals surface area (Å²) in [7, 11) is 0. The van der Waals surface area contributed by atoms with Crippen molar-refractivity contribution in [2.75, 3.05) is 30.6 Å². The minimum absolute atomic E-state index is 0.000648. The van der Waals surface area contributed by atoms with Gasteiger partial charge >= 0.3 is 17.9 Å². The molecule has 0 aromatic heterocycles. The van der Waals surface area contributed by atoms with Crippen LogP contribution in [0.25, 0.3) is 0 Å². The van der Waals surface area contributed by atoms with Gasteiger partial charge in [0.2, 0.25) is 0 Å². The van der Waals surface area contributed by atoms with Gasteiger partial charge in [-0.3, -0.25) is 19.2 Å². The molecular formula is C27H34O7S2. The molecule has 36 heavy (non-hydrogen) atoms. The number of ketones is 1. The van der Waals surface area contributed by atoms with E-state index in [0.717, 1.165) is 5.56 Å². The first kappa shape index (κ1) is 31.3. The van der Waals surface area contributed by atoms with Gasteiger partial charge in [0.05, 0.1) is 6.61 Å². The fourth-order valence-electron chi connectivity index (χ4n) is 3.62. The van der Waals surface area contributed by atoms with E-state index in [9.17, 15) is 29.4 Å². The van der Waals surface area contributed by atoms with Gasteiger partial charge in [-0.1, -0.05) is 60.7 Å². The fraction of sp³-hybridized carbons (Fsp3) is 0.407. The van der Waals surface area contributed by atoms with Crippen molar-refractivity contribution in [2.24, 2.45) is 10.8 Å². The largest absolute Gasteiger partial charge is 0.480 e. The zero-order valence-electron chi connectivity index (χ0n) is 21.1. The predicted octanol–water partition coefficient (Wildman–Crippen LogP) is 4.48. The van der Waals surface area contributed by atoms with Gasteiger partial charge in [-0.25, -0.2) is 0 Å². The van der Waals surface area contributed by atoms with Crippen LogP contribution in [-0.2, 0) is 36.8 Å². The van der Waals surface area contributed by atoms with Crippen molar-refractivity contribution in [3.05, 3.63) is 71.8 Å². The third kappa shape index (κ3) is 8.41. The minimum atomic E-state index is -1.75. The molecule has 0 aliphatic carbocycles. The highest BCUT2D eigenvalue weighted by atomic mass is 32.2. The number of benzene rings is 2. The monoisotopic (exact) mass is 534 g/mol. The number of aliphatic carboxylic acids is 2. The number of thioether (sulfide) groups is 2. The zero-order chi connectivity index (χ0) is 27.2. The maximum atomic E-state index is 12.2. The first-order valence-corrected chi connectivity index (χ1v) is 14.1. The number of carbonyl (C=O) groups is 4. The van der Waals surface area contributed by atoms with Crippen molar-refractivity contribution >= 4 is 47.2 Å². The van der Waals surface area contributed by atoms with E-state index in [2.05, 4.69) is 0 Å². The lowest BCUT2D eigenvalue weighted by Crippen LogP contribution is -2.43. The molecule has 0 aliphatic rings. The fourth-order valence-corrected chi connectivity index (χ4v) is 5.38. The number of rotatable bonds is 13. The zero-order valence-corrected chi connectivity index (χ0v) is 22.7. The molecule has 1 atom stereocenters. The number of hydrogen-bond acceptors (Lipinski definition) is 7. The molecule has 0 aliphatic heterocycles.